The molecule has 2 atom stereocenters. The van der Waals surface area contributed by atoms with Gasteiger partial charge < -0.3 is 9.64 Å². The Hall–Kier alpha value is -1.16. The summed E-state index contributed by atoms with van der Waals surface area (Å²) in [7, 11) is 1.72. The molecule has 0 N–H and O–H groups in total. The summed E-state index contributed by atoms with van der Waals surface area (Å²) in [5, 5.41) is 0. The van der Waals surface area contributed by atoms with Crippen LogP contribution in [0.15, 0.2) is 16.1 Å². The first-order valence-electron chi connectivity index (χ1n) is 7.13. The van der Waals surface area contributed by atoms with Crippen molar-refractivity contribution in [2.24, 2.45) is 4.99 Å². The van der Waals surface area contributed by atoms with Crippen LogP contribution in [-0.4, -0.2) is 48.9 Å². The lowest BCUT2D eigenvalue weighted by Crippen LogP contribution is -2.50. The van der Waals surface area contributed by atoms with Crippen LogP contribution >= 0.6 is 0 Å². The van der Waals surface area contributed by atoms with Crippen molar-refractivity contribution >= 4 is 11.6 Å². The van der Waals surface area contributed by atoms with Gasteiger partial charge in [0, 0.05) is 20.1 Å². The van der Waals surface area contributed by atoms with E-state index in [-0.39, 0.29) is 18.1 Å². The van der Waals surface area contributed by atoms with E-state index in [1.54, 1.807) is 7.05 Å². The van der Waals surface area contributed by atoms with Crippen LogP contribution in [0.3, 0.4) is 0 Å². The van der Waals surface area contributed by atoms with Crippen molar-refractivity contribution in [1.82, 2.24) is 4.90 Å². The van der Waals surface area contributed by atoms with Crippen molar-refractivity contribution in [2.75, 3.05) is 20.1 Å². The highest BCUT2D eigenvalue weighted by molar-refractivity contribution is 6.45. The molecule has 1 aliphatic heterocycles. The van der Waals surface area contributed by atoms with Crippen LogP contribution < -0.4 is 0 Å². The normalized spacial score (nSPS) is 29.1. The molecule has 0 aromatic heterocycles. The highest BCUT2D eigenvalue weighted by Gasteiger charge is 2.30. The molecule has 2 aliphatic rings. The smallest absolute Gasteiger partial charge is 0.272 e. The zero-order valence-corrected chi connectivity index (χ0v) is 12.4. The van der Waals surface area contributed by atoms with E-state index in [9.17, 15) is 4.79 Å². The first-order chi connectivity index (χ1) is 9.02. The van der Waals surface area contributed by atoms with E-state index in [2.05, 4.69) is 11.9 Å². The lowest BCUT2D eigenvalue weighted by Gasteiger charge is -2.35. The van der Waals surface area contributed by atoms with Gasteiger partial charge in [-0.2, -0.15) is 0 Å². The molecule has 0 unspecified atom stereocenters. The van der Waals surface area contributed by atoms with Gasteiger partial charge in [-0.15, -0.1) is 0 Å². The molecule has 1 amide bonds. The summed E-state index contributed by atoms with van der Waals surface area (Å²) in [5.41, 5.74) is 3.15. The summed E-state index contributed by atoms with van der Waals surface area (Å²) in [6.45, 7) is 7.46. The van der Waals surface area contributed by atoms with Crippen LogP contribution in [0.1, 0.15) is 40.0 Å². The van der Waals surface area contributed by atoms with E-state index in [1.807, 2.05) is 18.7 Å². The Morgan fingerprint density at radius 3 is 2.37 bits per heavy atom. The fraction of sp³-hybridized carbons (Fsp3) is 0.733. The molecule has 0 aromatic rings. The predicted molar refractivity (Wildman–Crippen MR) is 76.5 cm³/mol. The van der Waals surface area contributed by atoms with Gasteiger partial charge >= 0.3 is 0 Å². The minimum absolute atomic E-state index is 0.0701. The van der Waals surface area contributed by atoms with Crippen molar-refractivity contribution in [1.29, 1.82) is 0 Å². The van der Waals surface area contributed by atoms with Crippen LogP contribution in [0.4, 0.5) is 0 Å². The predicted octanol–water partition coefficient (Wildman–Crippen LogP) is 2.19. The summed E-state index contributed by atoms with van der Waals surface area (Å²) >= 11 is 0. The molecule has 106 valence electrons. The maximum Gasteiger partial charge on any atom is 0.272 e. The Bertz CT molecular complexity index is 416. The van der Waals surface area contributed by atoms with Crippen LogP contribution in [0.2, 0.25) is 0 Å². The van der Waals surface area contributed by atoms with E-state index in [1.165, 1.54) is 11.1 Å². The third kappa shape index (κ3) is 3.06. The van der Waals surface area contributed by atoms with E-state index in [0.29, 0.717) is 18.8 Å². The standard InChI is InChI=1S/C15H24N2O2/c1-10-6-5-7-13(10)14(16-4)15(18)17-8-11(2)19-12(3)9-17/h11-12H,5-9H2,1-4H3/t11-,12+. The molecule has 2 rings (SSSR count). The lowest BCUT2D eigenvalue weighted by molar-refractivity contribution is -0.136. The van der Waals surface area contributed by atoms with Crippen LogP contribution in [0, 0.1) is 0 Å². The van der Waals surface area contributed by atoms with Crippen molar-refractivity contribution in [3.05, 3.63) is 11.1 Å². The second-order valence-electron chi connectivity index (χ2n) is 5.65. The molecule has 4 nitrogen and oxygen atoms in total. The van der Waals surface area contributed by atoms with Gasteiger partial charge in [-0.3, -0.25) is 9.79 Å². The minimum atomic E-state index is 0.0701. The SMILES string of the molecule is CN=C(C(=O)N1C[C@@H](C)O[C@@H](C)C1)C1=C(C)CCC1. The molecule has 19 heavy (non-hydrogen) atoms. The Balaban J connectivity index is 2.16. The van der Waals surface area contributed by atoms with E-state index in [0.717, 1.165) is 19.3 Å². The number of rotatable bonds is 2. The van der Waals surface area contributed by atoms with Gasteiger partial charge in [0.15, 0.2) is 0 Å². The molecule has 4 heteroatoms. The fourth-order valence-electron chi connectivity index (χ4n) is 3.07. The van der Waals surface area contributed by atoms with Gasteiger partial charge in [-0.05, 0) is 45.6 Å². The number of hydrogen-bond acceptors (Lipinski definition) is 3. The summed E-state index contributed by atoms with van der Waals surface area (Å²) in [6.07, 6.45) is 3.43. The Morgan fingerprint density at radius 1 is 1.26 bits per heavy atom. The highest BCUT2D eigenvalue weighted by Crippen LogP contribution is 2.27. The van der Waals surface area contributed by atoms with E-state index in [4.69, 9.17) is 4.74 Å². The first-order valence-corrected chi connectivity index (χ1v) is 7.13. The van der Waals surface area contributed by atoms with Crippen molar-refractivity contribution < 1.29 is 9.53 Å². The Kier molecular flexibility index (Phi) is 4.40. The van der Waals surface area contributed by atoms with Crippen molar-refractivity contribution in [3.8, 4) is 0 Å². The number of morpholine rings is 1. The van der Waals surface area contributed by atoms with Crippen molar-refractivity contribution in [2.45, 2.75) is 52.2 Å². The quantitative estimate of drug-likeness (QED) is 0.717. The largest absolute Gasteiger partial charge is 0.372 e. The number of nitrogens with zero attached hydrogens (tertiary/aromatic N) is 2. The molecule has 1 saturated heterocycles. The zero-order valence-electron chi connectivity index (χ0n) is 12.4. The number of amides is 1. The first kappa shape index (κ1) is 14.3. The number of carbonyl (C=O) groups is 1. The van der Waals surface area contributed by atoms with E-state index >= 15 is 0 Å². The third-order valence-corrected chi connectivity index (χ3v) is 3.91. The molecule has 1 heterocycles. The molecular weight excluding hydrogens is 240 g/mol. The van der Waals surface area contributed by atoms with Gasteiger partial charge in [0.05, 0.1) is 12.2 Å². The number of ether oxygens (including phenoxy) is 1. The Labute approximate surface area is 115 Å². The monoisotopic (exact) mass is 264 g/mol. The van der Waals surface area contributed by atoms with Gasteiger partial charge in [-0.1, -0.05) is 5.57 Å². The summed E-state index contributed by atoms with van der Waals surface area (Å²) in [6, 6.07) is 0. The number of hydrogen-bond donors (Lipinski definition) is 0. The second-order valence-corrected chi connectivity index (χ2v) is 5.65. The topological polar surface area (TPSA) is 41.9 Å². The minimum Gasteiger partial charge on any atom is -0.372 e. The average Bonchev–Trinajstić information content (AvgIpc) is 2.75. The van der Waals surface area contributed by atoms with Gasteiger partial charge in [0.2, 0.25) is 0 Å². The van der Waals surface area contributed by atoms with Crippen molar-refractivity contribution in [3.63, 3.8) is 0 Å². The summed E-state index contributed by atoms with van der Waals surface area (Å²) < 4.78 is 5.68. The maximum absolute atomic E-state index is 12.7. The average molecular weight is 264 g/mol. The van der Waals surface area contributed by atoms with Crippen LogP contribution in [-0.2, 0) is 9.53 Å². The molecular formula is C15H24N2O2. The lowest BCUT2D eigenvalue weighted by atomic mass is 10.0. The number of aliphatic imine (C=N–C) groups is 1. The Morgan fingerprint density at radius 2 is 1.89 bits per heavy atom. The fourth-order valence-corrected chi connectivity index (χ4v) is 3.07. The van der Waals surface area contributed by atoms with Gasteiger partial charge in [0.1, 0.15) is 5.71 Å². The van der Waals surface area contributed by atoms with Gasteiger partial charge in [-0.25, -0.2) is 0 Å². The van der Waals surface area contributed by atoms with Crippen LogP contribution in [0.25, 0.3) is 0 Å². The summed E-state index contributed by atoms with van der Waals surface area (Å²) in [5.74, 6) is 0.0701. The molecule has 0 bridgehead atoms. The molecule has 0 radical (unpaired) electrons. The molecule has 1 aliphatic carbocycles. The molecule has 1 fully saturated rings. The number of carbonyl (C=O) groups excluding carboxylic acids is 1. The second kappa shape index (κ2) is 5.87. The molecule has 0 saturated carbocycles. The maximum atomic E-state index is 12.7. The molecule has 0 aromatic carbocycles. The highest BCUT2D eigenvalue weighted by atomic mass is 16.5. The third-order valence-electron chi connectivity index (χ3n) is 3.91. The van der Waals surface area contributed by atoms with E-state index < -0.39 is 0 Å². The van der Waals surface area contributed by atoms with Gasteiger partial charge in [0.25, 0.3) is 5.91 Å². The van der Waals surface area contributed by atoms with Crippen LogP contribution in [0.5, 0.6) is 0 Å². The summed E-state index contributed by atoms with van der Waals surface area (Å²) in [4.78, 5) is 18.8. The molecule has 0 spiro atoms. The zero-order chi connectivity index (χ0) is 14.0. The number of allylic oxidation sites excluding steroid dienone is 1.